The monoisotopic (exact) mass is 180 g/mol. The first-order valence-corrected chi connectivity index (χ1v) is 5.63. The third-order valence-electron chi connectivity index (χ3n) is 1.07. The van der Waals surface area contributed by atoms with Gasteiger partial charge in [-0.2, -0.15) is 0 Å². The molecule has 60 valence electrons. The van der Waals surface area contributed by atoms with E-state index < -0.39 is 19.3 Å². The summed E-state index contributed by atoms with van der Waals surface area (Å²) in [5, 5.41) is 18.0. The lowest BCUT2D eigenvalue weighted by atomic mass is 10.5. The summed E-state index contributed by atoms with van der Waals surface area (Å²) in [6, 6.07) is 0. The van der Waals surface area contributed by atoms with Crippen molar-refractivity contribution in [1.82, 2.24) is 0 Å². The van der Waals surface area contributed by atoms with Crippen molar-refractivity contribution in [1.29, 1.82) is 0 Å². The van der Waals surface area contributed by atoms with Crippen LogP contribution in [-0.2, 0) is 0 Å². The molecule has 0 fully saturated rings. The Labute approximate surface area is 64.9 Å². The van der Waals surface area contributed by atoms with Gasteiger partial charge < -0.3 is 10.2 Å². The van der Waals surface area contributed by atoms with Crippen molar-refractivity contribution in [2.45, 2.75) is 18.9 Å². The maximum Gasteiger partial charge on any atom is 0.0977 e. The van der Waals surface area contributed by atoms with Gasteiger partial charge in [0.2, 0.25) is 0 Å². The molecule has 0 aromatic heterocycles. The molecule has 4 heteroatoms. The number of aliphatic hydroxyl groups is 2. The number of aliphatic hydroxyl groups excluding tert-OH is 2. The highest BCUT2D eigenvalue weighted by Gasteiger charge is 2.06. The molecule has 0 saturated heterocycles. The third kappa shape index (κ3) is 4.28. The lowest BCUT2D eigenvalue weighted by Gasteiger charge is -2.10. The summed E-state index contributed by atoms with van der Waals surface area (Å²) in [4.78, 5) is 0. The molecule has 0 aliphatic carbocycles. The summed E-state index contributed by atoms with van der Waals surface area (Å²) in [6.45, 7) is 1.68. The molecule has 0 aliphatic heterocycles. The first-order valence-electron chi connectivity index (χ1n) is 3.15. The molecular formula is C6H14O2P2. The fraction of sp³-hybridized carbons (Fsp3) is 0.833. The van der Waals surface area contributed by atoms with E-state index in [0.717, 1.165) is 0 Å². The molecule has 0 heterocycles. The Morgan fingerprint density at radius 2 is 2.10 bits per heavy atom. The maximum atomic E-state index is 9.15. The van der Waals surface area contributed by atoms with E-state index in [9.17, 15) is 0 Å². The molecule has 0 aliphatic rings. The molecule has 10 heavy (non-hydrogen) atoms. The van der Waals surface area contributed by atoms with E-state index in [2.05, 4.69) is 9.24 Å². The Hall–Kier alpha value is 0.430. The van der Waals surface area contributed by atoms with Gasteiger partial charge in [0.15, 0.2) is 0 Å². The van der Waals surface area contributed by atoms with Gasteiger partial charge >= 0.3 is 0 Å². The number of rotatable bonds is 2. The average molecular weight is 180 g/mol. The van der Waals surface area contributed by atoms with E-state index in [0.29, 0.717) is 12.3 Å². The molecule has 0 radical (unpaired) electrons. The Morgan fingerprint density at radius 1 is 1.60 bits per heavy atom. The van der Waals surface area contributed by atoms with Gasteiger partial charge in [0.25, 0.3) is 0 Å². The molecule has 0 saturated carbocycles. The minimum Gasteiger partial charge on any atom is -0.393 e. The summed E-state index contributed by atoms with van der Waals surface area (Å²) in [5.74, 6) is -0.449. The molecule has 2 N–H and O–H groups in total. The molecular weight excluding hydrogens is 166 g/mol. The highest BCUT2D eigenvalue weighted by Crippen LogP contribution is 2.25. The van der Waals surface area contributed by atoms with E-state index in [1.807, 2.05) is 0 Å². The molecule has 0 amide bonds. The van der Waals surface area contributed by atoms with Crippen LogP contribution >= 0.6 is 16.6 Å². The zero-order valence-electron chi connectivity index (χ0n) is 6.07. The number of hydrogen-bond acceptors (Lipinski definition) is 2. The quantitative estimate of drug-likeness (QED) is 0.612. The lowest BCUT2D eigenvalue weighted by Crippen LogP contribution is -2.09. The zero-order chi connectivity index (χ0) is 8.15. The van der Waals surface area contributed by atoms with Gasteiger partial charge in [-0.3, -0.25) is 0 Å². The van der Waals surface area contributed by atoms with Crippen LogP contribution in [0, 0.1) is 6.13 Å². The largest absolute Gasteiger partial charge is 0.393 e. The third-order valence-corrected chi connectivity index (χ3v) is 3.84. The Kier molecular flexibility index (Phi) is 5.35. The average Bonchev–Trinajstić information content (AvgIpc) is 1.85. The van der Waals surface area contributed by atoms with E-state index in [1.165, 1.54) is 0 Å². The van der Waals surface area contributed by atoms with Gasteiger partial charge in [0, 0.05) is 6.16 Å². The summed E-state index contributed by atoms with van der Waals surface area (Å²) < 4.78 is 0. The van der Waals surface area contributed by atoms with Crippen LogP contribution in [0.5, 0.6) is 0 Å². The summed E-state index contributed by atoms with van der Waals surface area (Å²) in [5.41, 5.74) is 0. The van der Waals surface area contributed by atoms with Crippen LogP contribution in [-0.4, -0.2) is 34.5 Å². The van der Waals surface area contributed by atoms with Crippen LogP contribution in [0.4, 0.5) is 0 Å². The predicted molar refractivity (Wildman–Crippen MR) is 49.0 cm³/mol. The van der Waals surface area contributed by atoms with E-state index in [4.69, 9.17) is 16.3 Å². The molecule has 0 rings (SSSR count). The Balaban J connectivity index is 3.66. The van der Waals surface area contributed by atoms with Gasteiger partial charge in [-0.1, -0.05) is 7.38 Å². The second kappa shape index (κ2) is 5.13. The number of hydrogen-bond donors (Lipinski definition) is 2. The Morgan fingerprint density at radius 3 is 2.40 bits per heavy atom. The van der Waals surface area contributed by atoms with Crippen LogP contribution < -0.4 is 0 Å². The van der Waals surface area contributed by atoms with Crippen LogP contribution in [0.1, 0.15) is 6.92 Å². The summed E-state index contributed by atoms with van der Waals surface area (Å²) >= 11 is 0. The molecule has 0 spiro atoms. The second-order valence-corrected chi connectivity index (χ2v) is 4.72. The van der Waals surface area contributed by atoms with Crippen molar-refractivity contribution in [2.75, 3.05) is 12.3 Å². The van der Waals surface area contributed by atoms with Gasteiger partial charge in [0.1, 0.15) is 0 Å². The van der Waals surface area contributed by atoms with E-state index in [1.54, 1.807) is 6.92 Å². The molecule has 0 bridgehead atoms. The van der Waals surface area contributed by atoms with Crippen molar-refractivity contribution in [3.63, 3.8) is 0 Å². The minimum atomic E-state index is -0.897. The highest BCUT2D eigenvalue weighted by molar-refractivity contribution is 7.47. The first-order chi connectivity index (χ1) is 4.57. The smallest absolute Gasteiger partial charge is 0.0977 e. The lowest BCUT2D eigenvalue weighted by molar-refractivity contribution is 0.216. The zero-order valence-corrected chi connectivity index (χ0v) is 8.11. The minimum absolute atomic E-state index is 0.401. The van der Waals surface area contributed by atoms with Crippen LogP contribution in [0.15, 0.2) is 0 Å². The molecule has 4 unspecified atom stereocenters. The molecule has 0 aromatic carbocycles. The Bertz CT molecular complexity index is 148. The van der Waals surface area contributed by atoms with Gasteiger partial charge in [-0.15, -0.1) is 15.4 Å². The van der Waals surface area contributed by atoms with Gasteiger partial charge in [-0.05, 0) is 13.1 Å². The normalized spacial score (nSPS) is 18.1. The van der Waals surface area contributed by atoms with Crippen LogP contribution in [0.25, 0.3) is 0 Å². The first kappa shape index (κ1) is 10.4. The SMILES string of the molecule is C#P(CC(C)O)C(O)CP. The van der Waals surface area contributed by atoms with Gasteiger partial charge in [0.05, 0.1) is 11.9 Å². The van der Waals surface area contributed by atoms with Crippen molar-refractivity contribution in [2.24, 2.45) is 0 Å². The van der Waals surface area contributed by atoms with Crippen LogP contribution in [0.2, 0.25) is 0 Å². The summed E-state index contributed by atoms with van der Waals surface area (Å²) in [7, 11) is 1.53. The topological polar surface area (TPSA) is 40.5 Å². The van der Waals surface area contributed by atoms with E-state index >= 15 is 0 Å². The molecule has 0 aromatic rings. The fourth-order valence-corrected chi connectivity index (χ4v) is 2.50. The molecule has 2 nitrogen and oxygen atoms in total. The van der Waals surface area contributed by atoms with Crippen molar-refractivity contribution < 1.29 is 10.2 Å². The van der Waals surface area contributed by atoms with E-state index in [-0.39, 0.29) is 0 Å². The second-order valence-electron chi connectivity index (χ2n) is 2.26. The molecule has 4 atom stereocenters. The van der Waals surface area contributed by atoms with Crippen LogP contribution in [0.3, 0.4) is 0 Å². The van der Waals surface area contributed by atoms with Crippen molar-refractivity contribution >= 4 is 16.6 Å². The van der Waals surface area contributed by atoms with Gasteiger partial charge in [-0.25, -0.2) is 0 Å². The standard InChI is InChI=1S/C6H14O2P2/c1-5(7)4-10(2)6(8)3-9/h2,5-8H,3-4,9H2,1H3. The predicted octanol–water partition coefficient (Wildman–Crippen LogP) is 0.632. The highest BCUT2D eigenvalue weighted by atomic mass is 31.1. The summed E-state index contributed by atoms with van der Waals surface area (Å²) in [6.07, 6.45) is 6.28. The fourth-order valence-electron chi connectivity index (χ4n) is 0.562. The van der Waals surface area contributed by atoms with Crippen molar-refractivity contribution in [3.8, 4) is 6.13 Å². The maximum absolute atomic E-state index is 9.15. The van der Waals surface area contributed by atoms with Crippen molar-refractivity contribution in [3.05, 3.63) is 0 Å².